The number of amides is 1. The Morgan fingerprint density at radius 3 is 2.35 bits per heavy atom. The number of rotatable bonds is 5. The lowest BCUT2D eigenvalue weighted by Crippen LogP contribution is -2.26. The first kappa shape index (κ1) is 21.0. The van der Waals surface area contributed by atoms with Crippen LogP contribution in [0.5, 0.6) is 0 Å². The minimum atomic E-state index is -0.514. The largest absolute Gasteiger partial charge is 0.371 e. The number of aryl methyl sites for hydroxylation is 1. The number of carbonyl (C=O) groups is 1. The quantitative estimate of drug-likeness (QED) is 0.502. The van der Waals surface area contributed by atoms with Crippen LogP contribution in [0.1, 0.15) is 21.7 Å². The SMILES string of the molecule is Cc1cc(C(N)=O)nn1-c1ccc2c(ccn2Cc2ccc(N3CC4CN(C)CC4C3)cc2)c1. The van der Waals surface area contributed by atoms with Crippen LogP contribution in [-0.4, -0.2) is 58.4 Å². The van der Waals surface area contributed by atoms with E-state index in [2.05, 4.69) is 75.2 Å². The number of benzene rings is 2. The molecule has 0 spiro atoms. The van der Waals surface area contributed by atoms with Gasteiger partial charge in [-0.1, -0.05) is 12.1 Å². The van der Waals surface area contributed by atoms with Crippen LogP contribution in [0.25, 0.3) is 16.6 Å². The molecule has 174 valence electrons. The van der Waals surface area contributed by atoms with Gasteiger partial charge in [-0.05, 0) is 73.8 Å². The fourth-order valence-electron chi connectivity index (χ4n) is 5.76. The van der Waals surface area contributed by atoms with Crippen molar-refractivity contribution in [3.8, 4) is 5.69 Å². The van der Waals surface area contributed by atoms with Crippen molar-refractivity contribution in [2.24, 2.45) is 17.6 Å². The van der Waals surface area contributed by atoms with Gasteiger partial charge in [0, 0.05) is 61.2 Å². The molecule has 0 aliphatic carbocycles. The number of hydrogen-bond acceptors (Lipinski definition) is 4. The zero-order valence-corrected chi connectivity index (χ0v) is 19.7. The predicted molar refractivity (Wildman–Crippen MR) is 135 cm³/mol. The fourth-order valence-corrected chi connectivity index (χ4v) is 5.76. The lowest BCUT2D eigenvalue weighted by Gasteiger charge is -2.21. The maximum absolute atomic E-state index is 11.5. The summed E-state index contributed by atoms with van der Waals surface area (Å²) in [6.07, 6.45) is 2.13. The van der Waals surface area contributed by atoms with E-state index in [1.165, 1.54) is 42.9 Å². The van der Waals surface area contributed by atoms with Gasteiger partial charge < -0.3 is 20.1 Å². The molecule has 7 heteroatoms. The summed E-state index contributed by atoms with van der Waals surface area (Å²) in [5.41, 5.74) is 11.3. The Balaban J connectivity index is 1.19. The van der Waals surface area contributed by atoms with Crippen molar-refractivity contribution >= 4 is 22.5 Å². The van der Waals surface area contributed by atoms with Gasteiger partial charge in [0.2, 0.25) is 0 Å². The van der Waals surface area contributed by atoms with Gasteiger partial charge in [-0.2, -0.15) is 5.10 Å². The molecule has 0 radical (unpaired) electrons. The second kappa shape index (κ2) is 8.02. The molecule has 0 saturated carbocycles. The van der Waals surface area contributed by atoms with E-state index >= 15 is 0 Å². The minimum absolute atomic E-state index is 0.281. The lowest BCUT2D eigenvalue weighted by molar-refractivity contribution is 0.0995. The zero-order chi connectivity index (χ0) is 23.4. The summed E-state index contributed by atoms with van der Waals surface area (Å²) >= 11 is 0. The number of primary amides is 1. The van der Waals surface area contributed by atoms with E-state index in [0.29, 0.717) is 0 Å². The number of aromatic nitrogens is 3. The van der Waals surface area contributed by atoms with Crippen LogP contribution in [0.2, 0.25) is 0 Å². The van der Waals surface area contributed by atoms with Crippen molar-refractivity contribution in [2.75, 3.05) is 38.1 Å². The summed E-state index contributed by atoms with van der Waals surface area (Å²) in [6, 6.07) is 19.2. The summed E-state index contributed by atoms with van der Waals surface area (Å²) in [4.78, 5) is 16.5. The molecule has 2 aromatic heterocycles. The minimum Gasteiger partial charge on any atom is -0.371 e. The van der Waals surface area contributed by atoms with Crippen LogP contribution in [0, 0.1) is 18.8 Å². The maximum atomic E-state index is 11.5. The Morgan fingerprint density at radius 1 is 0.971 bits per heavy atom. The fraction of sp³-hybridized carbons (Fsp3) is 0.333. The van der Waals surface area contributed by atoms with Crippen LogP contribution in [0.3, 0.4) is 0 Å². The molecule has 2 aliphatic heterocycles. The van der Waals surface area contributed by atoms with Gasteiger partial charge in [0.15, 0.2) is 5.69 Å². The zero-order valence-electron chi connectivity index (χ0n) is 19.7. The molecule has 2 aromatic carbocycles. The van der Waals surface area contributed by atoms with Gasteiger partial charge in [-0.25, -0.2) is 4.68 Å². The van der Waals surface area contributed by atoms with Crippen molar-refractivity contribution in [1.29, 1.82) is 0 Å². The number of likely N-dealkylation sites (tertiary alicyclic amines) is 1. The molecule has 2 unspecified atom stereocenters. The van der Waals surface area contributed by atoms with Gasteiger partial charge in [0.05, 0.1) is 5.69 Å². The van der Waals surface area contributed by atoms with E-state index < -0.39 is 5.91 Å². The summed E-state index contributed by atoms with van der Waals surface area (Å²) in [5, 5.41) is 5.49. The van der Waals surface area contributed by atoms with Gasteiger partial charge >= 0.3 is 0 Å². The third kappa shape index (κ3) is 3.66. The molecule has 2 aliphatic rings. The smallest absolute Gasteiger partial charge is 0.269 e. The number of anilines is 1. The van der Waals surface area contributed by atoms with Gasteiger partial charge in [-0.15, -0.1) is 0 Å². The molecule has 6 rings (SSSR count). The number of fused-ring (bicyclic) bond motifs is 2. The molecule has 2 N–H and O–H groups in total. The average Bonchev–Trinajstić information content (AvgIpc) is 3.57. The Kier molecular flexibility index (Phi) is 4.95. The lowest BCUT2D eigenvalue weighted by atomic mass is 10.0. The first-order valence-corrected chi connectivity index (χ1v) is 11.9. The van der Waals surface area contributed by atoms with E-state index in [9.17, 15) is 4.79 Å². The summed E-state index contributed by atoms with van der Waals surface area (Å²) in [7, 11) is 2.24. The van der Waals surface area contributed by atoms with Gasteiger partial charge in [-0.3, -0.25) is 4.79 Å². The molecule has 2 atom stereocenters. The Bertz CT molecular complexity index is 1350. The van der Waals surface area contributed by atoms with E-state index in [4.69, 9.17) is 5.73 Å². The average molecular weight is 455 g/mol. The van der Waals surface area contributed by atoms with Crippen molar-refractivity contribution in [3.63, 3.8) is 0 Å². The van der Waals surface area contributed by atoms with E-state index in [1.54, 1.807) is 10.7 Å². The topological polar surface area (TPSA) is 72.3 Å². The molecule has 2 fully saturated rings. The Morgan fingerprint density at radius 2 is 1.68 bits per heavy atom. The Labute approximate surface area is 199 Å². The summed E-state index contributed by atoms with van der Waals surface area (Å²) in [6.45, 7) is 7.56. The van der Waals surface area contributed by atoms with Crippen LogP contribution < -0.4 is 10.6 Å². The van der Waals surface area contributed by atoms with Gasteiger partial charge in [0.25, 0.3) is 5.91 Å². The monoisotopic (exact) mass is 454 g/mol. The number of nitrogens with zero attached hydrogens (tertiary/aromatic N) is 5. The van der Waals surface area contributed by atoms with E-state index in [0.717, 1.165) is 35.1 Å². The first-order chi connectivity index (χ1) is 16.4. The normalized spacial score (nSPS) is 20.4. The molecule has 0 bridgehead atoms. The van der Waals surface area contributed by atoms with Gasteiger partial charge in [0.1, 0.15) is 0 Å². The third-order valence-electron chi connectivity index (χ3n) is 7.46. The molecule has 4 heterocycles. The number of carbonyl (C=O) groups excluding carboxylic acids is 1. The number of nitrogens with two attached hydrogens (primary N) is 1. The second-order valence-corrected chi connectivity index (χ2v) is 9.95. The molecular weight excluding hydrogens is 424 g/mol. The molecular formula is C27H30N6O. The van der Waals surface area contributed by atoms with Crippen molar-refractivity contribution in [2.45, 2.75) is 13.5 Å². The molecule has 4 aromatic rings. The first-order valence-electron chi connectivity index (χ1n) is 11.9. The van der Waals surface area contributed by atoms with Crippen LogP contribution >= 0.6 is 0 Å². The van der Waals surface area contributed by atoms with Crippen molar-refractivity contribution in [1.82, 2.24) is 19.2 Å². The summed E-state index contributed by atoms with van der Waals surface area (Å²) in [5.74, 6) is 1.11. The molecule has 34 heavy (non-hydrogen) atoms. The summed E-state index contributed by atoms with van der Waals surface area (Å²) < 4.78 is 4.04. The highest BCUT2D eigenvalue weighted by molar-refractivity contribution is 5.91. The van der Waals surface area contributed by atoms with Crippen molar-refractivity contribution < 1.29 is 4.79 Å². The predicted octanol–water partition coefficient (Wildman–Crippen LogP) is 3.28. The van der Waals surface area contributed by atoms with Crippen molar-refractivity contribution in [3.05, 3.63) is 77.7 Å². The Hall–Kier alpha value is -3.58. The maximum Gasteiger partial charge on any atom is 0.269 e. The highest BCUT2D eigenvalue weighted by Crippen LogP contribution is 2.33. The van der Waals surface area contributed by atoms with E-state index in [1.807, 2.05) is 13.0 Å². The highest BCUT2D eigenvalue weighted by Gasteiger charge is 2.38. The van der Waals surface area contributed by atoms with Crippen LogP contribution in [0.15, 0.2) is 60.8 Å². The molecule has 7 nitrogen and oxygen atoms in total. The number of hydrogen-bond donors (Lipinski definition) is 1. The standard InChI is InChI=1S/C27H30N6O/c1-18-11-25(27(28)34)29-33(18)24-7-8-26-20(12-24)9-10-31(26)13-19-3-5-23(6-4-19)32-16-21-14-30(2)15-22(21)17-32/h3-12,21-22H,13-17H2,1-2H3,(H2,28,34). The third-order valence-corrected chi connectivity index (χ3v) is 7.46. The second-order valence-electron chi connectivity index (χ2n) is 9.95. The molecule has 2 saturated heterocycles. The van der Waals surface area contributed by atoms with Crippen LogP contribution in [0.4, 0.5) is 5.69 Å². The van der Waals surface area contributed by atoms with Crippen LogP contribution in [-0.2, 0) is 6.54 Å². The molecule has 1 amide bonds. The highest BCUT2D eigenvalue weighted by atomic mass is 16.1. The van der Waals surface area contributed by atoms with E-state index in [-0.39, 0.29) is 5.69 Å².